The molecule has 2 heterocycles. The van der Waals surface area contributed by atoms with Crippen LogP contribution in [0.25, 0.3) is 0 Å². The van der Waals surface area contributed by atoms with Crippen molar-refractivity contribution in [2.24, 2.45) is 12.0 Å². The standard InChI is InChI=1S/C23H36N6.HI/c1-6-24-23(25-15-22-18(3)27-28(5)19(22)4)26-21-11-13-29(14-12-21)16-20-10-8-7-9-17(20)2;/h7-10,21H,6,11-16H2,1-5H3,(H2,24,25,26);1H. The van der Waals surface area contributed by atoms with Crippen LogP contribution in [0.1, 0.15) is 47.8 Å². The molecule has 3 rings (SSSR count). The van der Waals surface area contributed by atoms with Crippen molar-refractivity contribution in [3.63, 3.8) is 0 Å². The fourth-order valence-corrected chi connectivity index (χ4v) is 3.98. The molecule has 7 heteroatoms. The fourth-order valence-electron chi connectivity index (χ4n) is 3.98. The number of halogens is 1. The lowest BCUT2D eigenvalue weighted by molar-refractivity contribution is 0.198. The lowest BCUT2D eigenvalue weighted by Gasteiger charge is -2.33. The Bertz CT molecular complexity index is 836. The molecule has 6 nitrogen and oxygen atoms in total. The summed E-state index contributed by atoms with van der Waals surface area (Å²) < 4.78 is 1.94. The maximum absolute atomic E-state index is 4.84. The van der Waals surface area contributed by atoms with E-state index in [1.165, 1.54) is 22.4 Å². The number of piperidine rings is 1. The van der Waals surface area contributed by atoms with Gasteiger partial charge in [0.05, 0.1) is 12.2 Å². The van der Waals surface area contributed by atoms with Gasteiger partial charge in [-0.2, -0.15) is 5.10 Å². The highest BCUT2D eigenvalue weighted by atomic mass is 127. The van der Waals surface area contributed by atoms with E-state index in [0.29, 0.717) is 12.6 Å². The number of aliphatic imine (C=N–C) groups is 1. The van der Waals surface area contributed by atoms with E-state index in [0.717, 1.165) is 50.7 Å². The highest BCUT2D eigenvalue weighted by Gasteiger charge is 2.20. The van der Waals surface area contributed by atoms with Gasteiger partial charge in [0.15, 0.2) is 5.96 Å². The summed E-state index contributed by atoms with van der Waals surface area (Å²) in [5, 5.41) is 11.6. The average molecular weight is 524 g/mol. The summed E-state index contributed by atoms with van der Waals surface area (Å²) in [4.78, 5) is 7.40. The zero-order valence-electron chi connectivity index (χ0n) is 19.0. The first-order valence-corrected chi connectivity index (χ1v) is 10.8. The number of guanidine groups is 1. The predicted molar refractivity (Wildman–Crippen MR) is 136 cm³/mol. The number of nitrogens with one attached hydrogen (secondary N) is 2. The molecule has 0 unspecified atom stereocenters. The van der Waals surface area contributed by atoms with Gasteiger partial charge in [-0.15, -0.1) is 24.0 Å². The molecule has 30 heavy (non-hydrogen) atoms. The molecule has 1 aliphatic rings. The maximum atomic E-state index is 4.84. The number of likely N-dealkylation sites (tertiary alicyclic amines) is 1. The van der Waals surface area contributed by atoms with Crippen LogP contribution in [0.2, 0.25) is 0 Å². The van der Waals surface area contributed by atoms with Crippen molar-refractivity contribution in [3.8, 4) is 0 Å². The van der Waals surface area contributed by atoms with Crippen molar-refractivity contribution < 1.29 is 0 Å². The lowest BCUT2D eigenvalue weighted by Crippen LogP contribution is -2.48. The molecule has 0 aliphatic carbocycles. The Morgan fingerprint density at radius 1 is 1.17 bits per heavy atom. The van der Waals surface area contributed by atoms with Gasteiger partial charge in [0.1, 0.15) is 0 Å². The summed E-state index contributed by atoms with van der Waals surface area (Å²) in [7, 11) is 1.99. The van der Waals surface area contributed by atoms with Crippen LogP contribution >= 0.6 is 24.0 Å². The van der Waals surface area contributed by atoms with Gasteiger partial charge in [-0.1, -0.05) is 24.3 Å². The molecule has 1 saturated heterocycles. The zero-order chi connectivity index (χ0) is 20.8. The number of nitrogens with zero attached hydrogens (tertiary/aromatic N) is 4. The van der Waals surface area contributed by atoms with Gasteiger partial charge in [0, 0.05) is 50.5 Å². The predicted octanol–water partition coefficient (Wildman–Crippen LogP) is 3.68. The van der Waals surface area contributed by atoms with Crippen molar-refractivity contribution in [2.45, 2.75) is 59.7 Å². The Kier molecular flexibility index (Phi) is 9.61. The number of rotatable bonds is 6. The van der Waals surface area contributed by atoms with E-state index in [1.807, 2.05) is 11.7 Å². The highest BCUT2D eigenvalue weighted by Crippen LogP contribution is 2.16. The molecule has 2 N–H and O–H groups in total. The van der Waals surface area contributed by atoms with Gasteiger partial charge in [-0.05, 0) is 51.7 Å². The van der Waals surface area contributed by atoms with Crippen LogP contribution in [0.3, 0.4) is 0 Å². The van der Waals surface area contributed by atoms with E-state index < -0.39 is 0 Å². The Balaban J connectivity index is 0.00000320. The summed E-state index contributed by atoms with van der Waals surface area (Å²) >= 11 is 0. The zero-order valence-corrected chi connectivity index (χ0v) is 21.4. The molecule has 1 fully saturated rings. The number of benzene rings is 1. The summed E-state index contributed by atoms with van der Waals surface area (Å²) in [5.41, 5.74) is 6.30. The Morgan fingerprint density at radius 3 is 2.47 bits per heavy atom. The molecule has 0 radical (unpaired) electrons. The molecule has 0 spiro atoms. The van der Waals surface area contributed by atoms with Crippen LogP contribution in [0.5, 0.6) is 0 Å². The van der Waals surface area contributed by atoms with E-state index in [2.05, 4.69) is 72.6 Å². The number of hydrogen-bond acceptors (Lipinski definition) is 3. The average Bonchev–Trinajstić information content (AvgIpc) is 2.95. The van der Waals surface area contributed by atoms with Gasteiger partial charge in [-0.3, -0.25) is 9.58 Å². The first-order chi connectivity index (χ1) is 14.0. The van der Waals surface area contributed by atoms with Crippen LogP contribution in [0, 0.1) is 20.8 Å². The number of aromatic nitrogens is 2. The van der Waals surface area contributed by atoms with Crippen molar-refractivity contribution in [2.75, 3.05) is 19.6 Å². The molecule has 1 aliphatic heterocycles. The molecule has 0 bridgehead atoms. The molecule has 1 aromatic carbocycles. The molecule has 0 saturated carbocycles. The van der Waals surface area contributed by atoms with E-state index in [-0.39, 0.29) is 24.0 Å². The smallest absolute Gasteiger partial charge is 0.191 e. The van der Waals surface area contributed by atoms with Crippen LogP contribution in [-0.4, -0.2) is 46.3 Å². The number of hydrogen-bond donors (Lipinski definition) is 2. The van der Waals surface area contributed by atoms with Gasteiger partial charge in [0.2, 0.25) is 0 Å². The first-order valence-electron chi connectivity index (χ1n) is 10.8. The van der Waals surface area contributed by atoms with E-state index in [1.54, 1.807) is 0 Å². The van der Waals surface area contributed by atoms with Gasteiger partial charge < -0.3 is 10.6 Å². The molecular formula is C23H37IN6. The Labute approximate surface area is 198 Å². The van der Waals surface area contributed by atoms with Crippen LogP contribution < -0.4 is 10.6 Å². The van der Waals surface area contributed by atoms with Gasteiger partial charge in [0.25, 0.3) is 0 Å². The van der Waals surface area contributed by atoms with Crippen molar-refractivity contribution in [1.29, 1.82) is 0 Å². The van der Waals surface area contributed by atoms with E-state index in [4.69, 9.17) is 4.99 Å². The monoisotopic (exact) mass is 524 g/mol. The first kappa shape index (κ1) is 24.7. The second-order valence-corrected chi connectivity index (χ2v) is 8.09. The van der Waals surface area contributed by atoms with Gasteiger partial charge in [-0.25, -0.2) is 4.99 Å². The largest absolute Gasteiger partial charge is 0.357 e. The van der Waals surface area contributed by atoms with Crippen molar-refractivity contribution in [3.05, 3.63) is 52.3 Å². The SMILES string of the molecule is CCNC(=NCc1c(C)nn(C)c1C)NC1CCN(Cc2ccccc2C)CC1.I. The third-order valence-corrected chi connectivity index (χ3v) is 5.98. The molecule has 0 amide bonds. The number of aryl methyl sites for hydroxylation is 3. The molecule has 166 valence electrons. The van der Waals surface area contributed by atoms with Crippen molar-refractivity contribution in [1.82, 2.24) is 25.3 Å². The van der Waals surface area contributed by atoms with Crippen LogP contribution in [0.15, 0.2) is 29.3 Å². The van der Waals surface area contributed by atoms with E-state index >= 15 is 0 Å². The molecular weight excluding hydrogens is 487 g/mol. The minimum Gasteiger partial charge on any atom is -0.357 e. The molecule has 1 aromatic heterocycles. The molecule has 2 aromatic rings. The van der Waals surface area contributed by atoms with E-state index in [9.17, 15) is 0 Å². The second kappa shape index (κ2) is 11.7. The fraction of sp³-hybridized carbons (Fsp3) is 0.565. The van der Waals surface area contributed by atoms with Crippen LogP contribution in [-0.2, 0) is 20.1 Å². The summed E-state index contributed by atoms with van der Waals surface area (Å²) in [6.07, 6.45) is 2.28. The normalized spacial score (nSPS) is 15.7. The van der Waals surface area contributed by atoms with Gasteiger partial charge >= 0.3 is 0 Å². The summed E-state index contributed by atoms with van der Waals surface area (Å²) in [6, 6.07) is 9.18. The minimum atomic E-state index is 0. The highest BCUT2D eigenvalue weighted by molar-refractivity contribution is 14.0. The molecule has 0 atom stereocenters. The summed E-state index contributed by atoms with van der Waals surface area (Å²) in [5.74, 6) is 0.910. The third-order valence-electron chi connectivity index (χ3n) is 5.98. The van der Waals surface area contributed by atoms with Crippen LogP contribution in [0.4, 0.5) is 0 Å². The third kappa shape index (κ3) is 6.44. The summed E-state index contributed by atoms with van der Waals surface area (Å²) in [6.45, 7) is 13.3. The quantitative estimate of drug-likeness (QED) is 0.344. The van der Waals surface area contributed by atoms with Crippen molar-refractivity contribution >= 4 is 29.9 Å². The second-order valence-electron chi connectivity index (χ2n) is 8.09. The Morgan fingerprint density at radius 2 is 1.87 bits per heavy atom. The lowest BCUT2D eigenvalue weighted by atomic mass is 10.0. The minimum absolute atomic E-state index is 0. The Hall–Kier alpha value is -1.61. The topological polar surface area (TPSA) is 57.5 Å². The maximum Gasteiger partial charge on any atom is 0.191 e.